The van der Waals surface area contributed by atoms with Crippen molar-refractivity contribution in [3.63, 3.8) is 0 Å². The summed E-state index contributed by atoms with van der Waals surface area (Å²) in [6, 6.07) is 0. The Kier molecular flexibility index (Phi) is 24.9. The van der Waals surface area contributed by atoms with Crippen LogP contribution < -0.4 is 0 Å². The first kappa shape index (κ1) is 31.4. The molecular weight excluding hydrogens is 292 g/mol. The minimum Gasteiger partial charge on any atom is -0.299 e. The zero-order chi connectivity index (χ0) is 20.4. The molecule has 0 rings (SSSR count). The van der Waals surface area contributed by atoms with Gasteiger partial charge in [0.05, 0.1) is 0 Å². The normalized spacial score (nSPS) is 11.7. The summed E-state index contributed by atoms with van der Waals surface area (Å²) in [6.45, 7) is 27.9. The molecule has 1 heteroatoms. The summed E-state index contributed by atoms with van der Waals surface area (Å²) in [7, 11) is 0. The van der Waals surface area contributed by atoms with Crippen molar-refractivity contribution in [2.75, 3.05) is 0 Å². The predicted molar refractivity (Wildman–Crippen MR) is 115 cm³/mol. The Labute approximate surface area is 156 Å². The maximum atomic E-state index is 10.8. The van der Waals surface area contributed by atoms with Gasteiger partial charge in [-0.2, -0.15) is 0 Å². The van der Waals surface area contributed by atoms with Crippen LogP contribution in [-0.4, -0.2) is 5.78 Å². The fourth-order valence-corrected chi connectivity index (χ4v) is 1.14. The molecule has 0 heterocycles. The topological polar surface area (TPSA) is 17.1 Å². The monoisotopic (exact) mass is 344 g/mol. The van der Waals surface area contributed by atoms with Crippen LogP contribution in [0.4, 0.5) is 0 Å². The van der Waals surface area contributed by atoms with E-state index >= 15 is 0 Å². The molecule has 1 nitrogen and oxygen atoms in total. The Hall–Kier alpha value is -0.330. The molecular formula is C23H52O. The molecule has 1 unspecified atom stereocenters. The van der Waals surface area contributed by atoms with Crippen molar-refractivity contribution in [3.05, 3.63) is 0 Å². The number of ketones is 1. The van der Waals surface area contributed by atoms with Crippen LogP contribution in [0, 0.1) is 16.7 Å². The number of unbranched alkanes of at least 4 members (excludes halogenated alkanes) is 2. The van der Waals surface area contributed by atoms with Crippen LogP contribution in [0.15, 0.2) is 0 Å². The minimum absolute atomic E-state index is 0.130. The molecule has 0 bridgehead atoms. The number of hydrogen-bond acceptors (Lipinski definition) is 1. The Morgan fingerprint density at radius 1 is 0.708 bits per heavy atom. The molecule has 0 aliphatic carbocycles. The molecule has 0 saturated carbocycles. The van der Waals surface area contributed by atoms with E-state index in [4.69, 9.17) is 0 Å². The highest BCUT2D eigenvalue weighted by molar-refractivity contribution is 5.83. The van der Waals surface area contributed by atoms with E-state index in [2.05, 4.69) is 62.3 Å². The lowest BCUT2D eigenvalue weighted by Crippen LogP contribution is -2.18. The van der Waals surface area contributed by atoms with Gasteiger partial charge in [-0.05, 0) is 11.3 Å². The third kappa shape index (κ3) is 29.7. The molecule has 0 aromatic rings. The van der Waals surface area contributed by atoms with Gasteiger partial charge in [0.25, 0.3) is 0 Å². The summed E-state index contributed by atoms with van der Waals surface area (Å²) in [4.78, 5) is 10.8. The highest BCUT2D eigenvalue weighted by Gasteiger charge is 2.18. The Bertz CT molecular complexity index is 232. The molecule has 0 fully saturated rings. The molecule has 0 spiro atoms. The lowest BCUT2D eigenvalue weighted by atomic mass is 9.81. The zero-order valence-electron chi connectivity index (χ0n) is 19.7. The average molecular weight is 345 g/mol. The summed E-state index contributed by atoms with van der Waals surface area (Å²) in [6.07, 6.45) is 7.23. The number of rotatable bonds is 4. The molecule has 0 radical (unpaired) electrons. The maximum absolute atomic E-state index is 10.8. The van der Waals surface area contributed by atoms with Gasteiger partial charge in [-0.3, -0.25) is 4.79 Å². The molecule has 0 saturated heterocycles. The Morgan fingerprint density at radius 3 is 1.00 bits per heavy atom. The Balaban J connectivity index is -0.000000117. The highest BCUT2D eigenvalue weighted by Crippen LogP contribution is 2.27. The van der Waals surface area contributed by atoms with E-state index in [1.54, 1.807) is 0 Å². The second-order valence-electron chi connectivity index (χ2n) is 8.70. The van der Waals surface area contributed by atoms with Crippen molar-refractivity contribution in [1.29, 1.82) is 0 Å². The van der Waals surface area contributed by atoms with Gasteiger partial charge in [-0.25, -0.2) is 0 Å². The number of carbonyl (C=O) groups is 1. The van der Waals surface area contributed by atoms with E-state index in [0.29, 0.717) is 17.6 Å². The SMILES string of the molecule is CCC(=O)C(C)(C)C.CCC(C)C(C)(C)C.CCCC.CCCC. The summed E-state index contributed by atoms with van der Waals surface area (Å²) in [5.74, 6) is 1.18. The first-order valence-corrected chi connectivity index (χ1v) is 10.3. The van der Waals surface area contributed by atoms with E-state index in [1.165, 1.54) is 32.1 Å². The molecule has 0 aromatic carbocycles. The smallest absolute Gasteiger partial charge is 0.137 e. The van der Waals surface area contributed by atoms with Crippen LogP contribution in [-0.2, 0) is 4.79 Å². The van der Waals surface area contributed by atoms with Crippen LogP contribution in [0.1, 0.15) is 129 Å². The van der Waals surface area contributed by atoms with Crippen molar-refractivity contribution in [2.24, 2.45) is 16.7 Å². The van der Waals surface area contributed by atoms with Crippen LogP contribution in [0.2, 0.25) is 0 Å². The second kappa shape index (κ2) is 19.0. The van der Waals surface area contributed by atoms with E-state index in [1.807, 2.05) is 27.7 Å². The number of carbonyl (C=O) groups excluding carboxylic acids is 1. The minimum atomic E-state index is -0.130. The summed E-state index contributed by atoms with van der Waals surface area (Å²) < 4.78 is 0. The van der Waals surface area contributed by atoms with Gasteiger partial charge in [0, 0.05) is 11.8 Å². The van der Waals surface area contributed by atoms with Crippen molar-refractivity contribution >= 4 is 5.78 Å². The van der Waals surface area contributed by atoms with Gasteiger partial charge in [0.2, 0.25) is 0 Å². The van der Waals surface area contributed by atoms with E-state index < -0.39 is 0 Å². The molecule has 24 heavy (non-hydrogen) atoms. The van der Waals surface area contributed by atoms with Crippen LogP contribution in [0.3, 0.4) is 0 Å². The van der Waals surface area contributed by atoms with Crippen molar-refractivity contribution in [1.82, 2.24) is 0 Å². The molecule has 1 atom stereocenters. The lowest BCUT2D eigenvalue weighted by molar-refractivity contribution is -0.125. The van der Waals surface area contributed by atoms with Crippen LogP contribution in [0.25, 0.3) is 0 Å². The number of hydrogen-bond donors (Lipinski definition) is 0. The molecule has 0 N–H and O–H groups in total. The molecule has 0 aliphatic rings. The summed E-state index contributed by atoms with van der Waals surface area (Å²) in [5, 5.41) is 0. The average Bonchev–Trinajstić information content (AvgIpc) is 2.52. The van der Waals surface area contributed by atoms with Gasteiger partial charge < -0.3 is 0 Å². The van der Waals surface area contributed by atoms with Gasteiger partial charge in [0.15, 0.2) is 0 Å². The summed E-state index contributed by atoms with van der Waals surface area (Å²) >= 11 is 0. The Morgan fingerprint density at radius 2 is 1.00 bits per heavy atom. The van der Waals surface area contributed by atoms with Crippen molar-refractivity contribution in [2.45, 2.75) is 129 Å². The van der Waals surface area contributed by atoms with Gasteiger partial charge in [0.1, 0.15) is 5.78 Å². The molecule has 150 valence electrons. The summed E-state index contributed by atoms with van der Waals surface area (Å²) in [5.41, 5.74) is 0.378. The fraction of sp³-hybridized carbons (Fsp3) is 0.957. The fourth-order valence-electron chi connectivity index (χ4n) is 1.14. The predicted octanol–water partition coefficient (Wildman–Crippen LogP) is 8.70. The van der Waals surface area contributed by atoms with Gasteiger partial charge in [-0.1, -0.05) is 122 Å². The highest BCUT2D eigenvalue weighted by atomic mass is 16.1. The number of Topliss-reactive ketones (excluding diaryl/α,β-unsaturated/α-hetero) is 1. The first-order valence-electron chi connectivity index (χ1n) is 10.3. The van der Waals surface area contributed by atoms with E-state index in [0.717, 1.165) is 5.92 Å². The third-order valence-corrected chi connectivity index (χ3v) is 4.25. The third-order valence-electron chi connectivity index (χ3n) is 4.25. The van der Waals surface area contributed by atoms with Crippen molar-refractivity contribution < 1.29 is 4.79 Å². The van der Waals surface area contributed by atoms with Crippen LogP contribution >= 0.6 is 0 Å². The quantitative estimate of drug-likeness (QED) is 0.498. The first-order chi connectivity index (χ1) is 10.8. The second-order valence-corrected chi connectivity index (χ2v) is 8.70. The van der Waals surface area contributed by atoms with E-state index in [9.17, 15) is 4.79 Å². The molecule has 0 aromatic heterocycles. The van der Waals surface area contributed by atoms with Gasteiger partial charge in [-0.15, -0.1) is 0 Å². The molecule has 0 aliphatic heterocycles. The van der Waals surface area contributed by atoms with Gasteiger partial charge >= 0.3 is 0 Å². The zero-order valence-corrected chi connectivity index (χ0v) is 19.7. The standard InChI is InChI=1S/C8H18.C7H14O.2C4H10/c1-6-7(2)8(3,4)5;1-5-6(8)7(2,3)4;2*1-3-4-2/h7H,6H2,1-5H3;5H2,1-4H3;2*3-4H2,1-2H3. The lowest BCUT2D eigenvalue weighted by Gasteiger charge is -2.25. The molecule has 0 amide bonds. The van der Waals surface area contributed by atoms with E-state index in [-0.39, 0.29) is 5.41 Å². The largest absolute Gasteiger partial charge is 0.299 e. The van der Waals surface area contributed by atoms with Crippen LogP contribution in [0.5, 0.6) is 0 Å². The maximum Gasteiger partial charge on any atom is 0.137 e. The van der Waals surface area contributed by atoms with Crippen molar-refractivity contribution in [3.8, 4) is 0 Å².